The van der Waals surface area contributed by atoms with Crippen LogP contribution in [0, 0.1) is 0 Å². The molecule has 1 aliphatic heterocycles. The first-order chi connectivity index (χ1) is 16.8. The highest BCUT2D eigenvalue weighted by Gasteiger charge is 2.50. The van der Waals surface area contributed by atoms with Crippen LogP contribution in [0.1, 0.15) is 44.7 Å². The van der Waals surface area contributed by atoms with Crippen molar-refractivity contribution in [2.24, 2.45) is 0 Å². The molecule has 0 bridgehead atoms. The molecule has 0 atom stereocenters. The first-order valence-electron chi connectivity index (χ1n) is 11.4. The van der Waals surface area contributed by atoms with E-state index in [4.69, 9.17) is 9.47 Å². The van der Waals surface area contributed by atoms with Crippen molar-refractivity contribution < 1.29 is 29.0 Å². The van der Waals surface area contributed by atoms with E-state index >= 15 is 0 Å². The Morgan fingerprint density at radius 1 is 0.914 bits per heavy atom. The van der Waals surface area contributed by atoms with Crippen LogP contribution >= 0.6 is 0 Å². The van der Waals surface area contributed by atoms with Crippen LogP contribution in [0.15, 0.2) is 60.7 Å². The Hall–Kier alpha value is -4.13. The summed E-state index contributed by atoms with van der Waals surface area (Å²) in [5.74, 6) is 0.255. The zero-order chi connectivity index (χ0) is 24.7. The monoisotopic (exact) mass is 471 g/mol. The average Bonchev–Trinajstić information content (AvgIpc) is 3.54. The predicted octanol–water partition coefficient (Wildman–Crippen LogP) is 4.33. The van der Waals surface area contributed by atoms with Crippen molar-refractivity contribution in [2.75, 3.05) is 20.9 Å². The summed E-state index contributed by atoms with van der Waals surface area (Å²) in [7, 11) is 3.35. The van der Waals surface area contributed by atoms with Crippen LogP contribution in [0.25, 0.3) is 11.1 Å². The fourth-order valence-corrected chi connectivity index (χ4v) is 4.58. The van der Waals surface area contributed by atoms with Gasteiger partial charge in [-0.15, -0.1) is 0 Å². The second-order valence-corrected chi connectivity index (χ2v) is 9.21. The molecule has 3 aromatic rings. The van der Waals surface area contributed by atoms with Gasteiger partial charge < -0.3 is 19.5 Å². The number of benzene rings is 3. The fraction of sp³-hybridized carbons (Fsp3) is 0.250. The van der Waals surface area contributed by atoms with E-state index in [1.54, 1.807) is 56.6 Å². The van der Waals surface area contributed by atoms with Gasteiger partial charge in [0.15, 0.2) is 11.5 Å². The smallest absolute Gasteiger partial charge is 0.336 e. The van der Waals surface area contributed by atoms with Crippen molar-refractivity contribution in [3.8, 4) is 22.6 Å². The first kappa shape index (κ1) is 22.7. The number of carboxylic acid groups (broad SMARTS) is 1. The maximum atomic E-state index is 13.4. The van der Waals surface area contributed by atoms with Gasteiger partial charge in [-0.1, -0.05) is 24.3 Å². The topological polar surface area (TPSA) is 93.1 Å². The zero-order valence-corrected chi connectivity index (χ0v) is 19.5. The normalized spacial score (nSPS) is 14.9. The molecule has 7 nitrogen and oxygen atoms in total. The summed E-state index contributed by atoms with van der Waals surface area (Å²) in [6.45, 7) is 0.183. The van der Waals surface area contributed by atoms with E-state index in [1.807, 2.05) is 18.2 Å². The highest BCUT2D eigenvalue weighted by atomic mass is 16.7. The molecule has 0 spiro atoms. The molecule has 1 fully saturated rings. The van der Waals surface area contributed by atoms with Gasteiger partial charge in [-0.25, -0.2) is 4.79 Å². The number of ketones is 1. The molecule has 1 N–H and O–H groups in total. The number of hydrogen-bond acceptors (Lipinski definition) is 5. The summed E-state index contributed by atoms with van der Waals surface area (Å²) >= 11 is 0. The van der Waals surface area contributed by atoms with Crippen LogP contribution in [0.5, 0.6) is 11.5 Å². The van der Waals surface area contributed by atoms with Gasteiger partial charge in [0, 0.05) is 26.1 Å². The number of carboxylic acids is 1. The third kappa shape index (κ3) is 4.14. The number of amides is 1. The third-order valence-electron chi connectivity index (χ3n) is 6.74. The molecular weight excluding hydrogens is 446 g/mol. The summed E-state index contributed by atoms with van der Waals surface area (Å²) in [6, 6.07) is 17.5. The minimum atomic E-state index is -1.05. The van der Waals surface area contributed by atoms with Crippen LogP contribution in [0.2, 0.25) is 0 Å². The Balaban J connectivity index is 1.42. The second kappa shape index (κ2) is 8.58. The minimum Gasteiger partial charge on any atom is -0.478 e. The number of carbonyl (C=O) groups excluding carboxylic acids is 2. The molecule has 0 aromatic heterocycles. The van der Waals surface area contributed by atoms with Crippen molar-refractivity contribution >= 4 is 17.7 Å². The molecule has 0 unspecified atom stereocenters. The van der Waals surface area contributed by atoms with Crippen LogP contribution in [-0.4, -0.2) is 48.6 Å². The van der Waals surface area contributed by atoms with Gasteiger partial charge in [-0.3, -0.25) is 9.59 Å². The Labute approximate surface area is 202 Å². The van der Waals surface area contributed by atoms with Crippen molar-refractivity contribution in [2.45, 2.75) is 24.7 Å². The fourth-order valence-electron chi connectivity index (χ4n) is 4.58. The summed E-state index contributed by atoms with van der Waals surface area (Å²) < 4.78 is 10.9. The minimum absolute atomic E-state index is 0.0947. The molecule has 35 heavy (non-hydrogen) atoms. The Bertz CT molecular complexity index is 1340. The first-order valence-corrected chi connectivity index (χ1v) is 11.4. The lowest BCUT2D eigenvalue weighted by Gasteiger charge is -2.16. The summed E-state index contributed by atoms with van der Waals surface area (Å²) in [5, 5.41) is 9.73. The maximum absolute atomic E-state index is 13.4. The van der Waals surface area contributed by atoms with Gasteiger partial charge in [0.25, 0.3) is 5.91 Å². The number of rotatable bonds is 7. The van der Waals surface area contributed by atoms with Crippen LogP contribution in [0.3, 0.4) is 0 Å². The zero-order valence-electron chi connectivity index (χ0n) is 19.5. The molecule has 0 saturated heterocycles. The predicted molar refractivity (Wildman–Crippen MR) is 129 cm³/mol. The number of Topliss-reactive ketones (excluding diaryl/α,β-unsaturated/α-hetero) is 1. The molecule has 1 amide bonds. The largest absolute Gasteiger partial charge is 0.478 e. The van der Waals surface area contributed by atoms with E-state index in [0.717, 1.165) is 24.0 Å². The molecule has 2 aliphatic rings. The van der Waals surface area contributed by atoms with Crippen LogP contribution in [0.4, 0.5) is 0 Å². The SMILES string of the molecule is CN(C)C(=O)c1ccc(-c2cc(CC(=O)C3(c4ccc5c(c4)OCO5)CC3)ccc2C(=O)O)cc1. The molecule has 1 saturated carbocycles. The number of ether oxygens (including phenoxy) is 2. The molecular formula is C28H25NO6. The van der Waals surface area contributed by atoms with E-state index in [9.17, 15) is 19.5 Å². The Kier molecular flexibility index (Phi) is 5.55. The lowest BCUT2D eigenvalue weighted by Crippen LogP contribution is -2.22. The van der Waals surface area contributed by atoms with Crippen molar-refractivity contribution in [1.82, 2.24) is 4.90 Å². The Morgan fingerprint density at radius 3 is 2.29 bits per heavy atom. The molecule has 1 aliphatic carbocycles. The van der Waals surface area contributed by atoms with Gasteiger partial charge in [0.05, 0.1) is 11.0 Å². The van der Waals surface area contributed by atoms with Gasteiger partial charge >= 0.3 is 5.97 Å². The number of nitrogens with zero attached hydrogens (tertiary/aromatic N) is 1. The lowest BCUT2D eigenvalue weighted by atomic mass is 9.86. The number of aromatic carboxylic acids is 1. The van der Waals surface area contributed by atoms with Gasteiger partial charge in [-0.2, -0.15) is 0 Å². The lowest BCUT2D eigenvalue weighted by molar-refractivity contribution is -0.120. The molecule has 1 heterocycles. The molecule has 0 radical (unpaired) electrons. The van der Waals surface area contributed by atoms with Crippen LogP contribution < -0.4 is 9.47 Å². The Morgan fingerprint density at radius 2 is 1.63 bits per heavy atom. The quantitative estimate of drug-likeness (QED) is 0.552. The van der Waals surface area contributed by atoms with E-state index < -0.39 is 11.4 Å². The summed E-state index contributed by atoms with van der Waals surface area (Å²) in [4.78, 5) is 39.0. The van der Waals surface area contributed by atoms with Crippen molar-refractivity contribution in [1.29, 1.82) is 0 Å². The van der Waals surface area contributed by atoms with E-state index in [2.05, 4.69) is 0 Å². The molecule has 178 valence electrons. The number of hydrogen-bond donors (Lipinski definition) is 1. The van der Waals surface area contributed by atoms with E-state index in [1.165, 1.54) is 4.90 Å². The van der Waals surface area contributed by atoms with Crippen LogP contribution in [-0.2, 0) is 16.6 Å². The average molecular weight is 472 g/mol. The highest BCUT2D eigenvalue weighted by molar-refractivity contribution is 5.99. The molecule has 7 heteroatoms. The van der Waals surface area contributed by atoms with E-state index in [-0.39, 0.29) is 30.5 Å². The number of carbonyl (C=O) groups is 3. The van der Waals surface area contributed by atoms with Gasteiger partial charge in [0.1, 0.15) is 5.78 Å². The highest BCUT2D eigenvalue weighted by Crippen LogP contribution is 2.51. The maximum Gasteiger partial charge on any atom is 0.336 e. The summed E-state index contributed by atoms with van der Waals surface area (Å²) in [6.07, 6.45) is 1.73. The standard InChI is InChI=1S/C28H25NO6/c1-29(2)26(31)19-6-4-18(5-7-19)22-13-17(3-9-21(22)27(32)33)14-25(30)28(11-12-28)20-8-10-23-24(15-20)35-16-34-23/h3-10,13,15H,11-12,14,16H2,1-2H3,(H,32,33). The van der Waals surface area contributed by atoms with Gasteiger partial charge in [0.2, 0.25) is 6.79 Å². The molecule has 3 aromatic carbocycles. The van der Waals surface area contributed by atoms with Crippen molar-refractivity contribution in [3.63, 3.8) is 0 Å². The van der Waals surface area contributed by atoms with Gasteiger partial charge in [-0.05, 0) is 71.5 Å². The molecule has 5 rings (SSSR count). The third-order valence-corrected chi connectivity index (χ3v) is 6.74. The van der Waals surface area contributed by atoms with Crippen molar-refractivity contribution in [3.05, 3.63) is 82.9 Å². The number of fused-ring (bicyclic) bond motifs is 1. The van der Waals surface area contributed by atoms with E-state index in [0.29, 0.717) is 28.2 Å². The summed E-state index contributed by atoms with van der Waals surface area (Å²) in [5.41, 5.74) is 2.97. The second-order valence-electron chi connectivity index (χ2n) is 9.21.